The first kappa shape index (κ1) is 14.0. The first-order valence-corrected chi connectivity index (χ1v) is 6.50. The minimum absolute atomic E-state index is 0.118. The number of rotatable bonds is 3. The minimum Gasteiger partial charge on any atom is -0.381 e. The Bertz CT molecular complexity index is 469. The summed E-state index contributed by atoms with van der Waals surface area (Å²) in [5.74, 6) is 5.69. The molecule has 0 radical (unpaired) electrons. The molecular weight excluding hydrogens is 268 g/mol. The van der Waals surface area contributed by atoms with E-state index in [0.717, 1.165) is 6.42 Å². The van der Waals surface area contributed by atoms with E-state index in [-0.39, 0.29) is 11.9 Å². The summed E-state index contributed by atoms with van der Waals surface area (Å²) in [6.07, 6.45) is 2.26. The number of carbonyl (C=O) groups is 1. The van der Waals surface area contributed by atoms with Gasteiger partial charge in [0, 0.05) is 18.8 Å². The average Bonchev–Trinajstić information content (AvgIpc) is 2.41. The molecule has 2 atom stereocenters. The van der Waals surface area contributed by atoms with Crippen LogP contribution in [0.4, 0.5) is 5.82 Å². The lowest BCUT2D eigenvalue weighted by atomic mass is 9.97. The number of hydrogen-bond donors (Lipinski definition) is 3. The number of ether oxygens (including phenoxy) is 1. The van der Waals surface area contributed by atoms with E-state index in [4.69, 9.17) is 22.2 Å². The van der Waals surface area contributed by atoms with E-state index in [9.17, 15) is 4.79 Å². The van der Waals surface area contributed by atoms with Crippen LogP contribution >= 0.6 is 11.6 Å². The molecule has 2 rings (SSSR count). The van der Waals surface area contributed by atoms with Gasteiger partial charge < -0.3 is 15.5 Å². The Kier molecular flexibility index (Phi) is 4.57. The van der Waals surface area contributed by atoms with Crippen LogP contribution in [-0.2, 0) is 4.74 Å². The Morgan fingerprint density at radius 1 is 1.63 bits per heavy atom. The maximum atomic E-state index is 12.1. The lowest BCUT2D eigenvalue weighted by Gasteiger charge is -2.29. The number of aromatic nitrogens is 1. The minimum atomic E-state index is -0.184. The predicted octanol–water partition coefficient (Wildman–Crippen LogP) is 1.18. The standard InChI is InChI=1S/C12H17ClN4O2/c1-7-6-19-3-2-10(7)16-12(18)8-4-9(13)11(17-14)15-5-8/h4-5,7,10H,2-3,6,14H2,1H3,(H,15,17)(H,16,18). The van der Waals surface area contributed by atoms with Gasteiger partial charge in [-0.25, -0.2) is 10.8 Å². The van der Waals surface area contributed by atoms with E-state index in [1.165, 1.54) is 6.20 Å². The Morgan fingerprint density at radius 3 is 3.05 bits per heavy atom. The van der Waals surface area contributed by atoms with Crippen LogP contribution in [0.1, 0.15) is 23.7 Å². The first-order chi connectivity index (χ1) is 9.11. The van der Waals surface area contributed by atoms with Crippen molar-refractivity contribution in [3.8, 4) is 0 Å². The molecule has 0 spiro atoms. The zero-order chi connectivity index (χ0) is 13.8. The largest absolute Gasteiger partial charge is 0.381 e. The second-order valence-electron chi connectivity index (χ2n) is 4.62. The summed E-state index contributed by atoms with van der Waals surface area (Å²) in [7, 11) is 0. The zero-order valence-electron chi connectivity index (χ0n) is 10.6. The highest BCUT2D eigenvalue weighted by molar-refractivity contribution is 6.33. The number of anilines is 1. The molecule has 0 aromatic carbocycles. The van der Waals surface area contributed by atoms with Crippen LogP contribution in [0.5, 0.6) is 0 Å². The molecule has 6 nitrogen and oxygen atoms in total. The van der Waals surface area contributed by atoms with Gasteiger partial charge in [0.15, 0.2) is 5.82 Å². The van der Waals surface area contributed by atoms with Crippen molar-refractivity contribution in [1.29, 1.82) is 0 Å². The van der Waals surface area contributed by atoms with E-state index in [0.29, 0.717) is 35.5 Å². The monoisotopic (exact) mass is 284 g/mol. The first-order valence-electron chi connectivity index (χ1n) is 6.12. The fourth-order valence-corrected chi connectivity index (χ4v) is 2.24. The highest BCUT2D eigenvalue weighted by Crippen LogP contribution is 2.20. The molecule has 1 aliphatic rings. The maximum Gasteiger partial charge on any atom is 0.253 e. The van der Waals surface area contributed by atoms with Gasteiger partial charge >= 0.3 is 0 Å². The van der Waals surface area contributed by atoms with Gasteiger partial charge in [-0.1, -0.05) is 18.5 Å². The molecule has 2 unspecified atom stereocenters. The van der Waals surface area contributed by atoms with Gasteiger partial charge in [-0.3, -0.25) is 4.79 Å². The van der Waals surface area contributed by atoms with Crippen molar-refractivity contribution < 1.29 is 9.53 Å². The number of hydrogen-bond acceptors (Lipinski definition) is 5. The fourth-order valence-electron chi connectivity index (χ4n) is 2.01. The number of amides is 1. The molecular formula is C12H17ClN4O2. The Labute approximate surface area is 116 Å². The van der Waals surface area contributed by atoms with Gasteiger partial charge in [0.1, 0.15) is 0 Å². The highest BCUT2D eigenvalue weighted by atomic mass is 35.5. The Morgan fingerprint density at radius 2 is 2.42 bits per heavy atom. The average molecular weight is 285 g/mol. The van der Waals surface area contributed by atoms with Crippen LogP contribution in [0, 0.1) is 5.92 Å². The number of nitrogens with zero attached hydrogens (tertiary/aromatic N) is 1. The predicted molar refractivity (Wildman–Crippen MR) is 72.9 cm³/mol. The number of hydrazine groups is 1. The second-order valence-corrected chi connectivity index (χ2v) is 5.03. The van der Waals surface area contributed by atoms with Crippen molar-refractivity contribution in [2.24, 2.45) is 11.8 Å². The van der Waals surface area contributed by atoms with Crippen LogP contribution in [0.25, 0.3) is 0 Å². The number of nitrogen functional groups attached to an aromatic ring is 1. The molecule has 104 valence electrons. The van der Waals surface area contributed by atoms with Crippen molar-refractivity contribution in [3.05, 3.63) is 22.8 Å². The third-order valence-corrected chi connectivity index (χ3v) is 3.49. The van der Waals surface area contributed by atoms with Crippen LogP contribution in [0.2, 0.25) is 5.02 Å². The molecule has 7 heteroatoms. The summed E-state index contributed by atoms with van der Waals surface area (Å²) >= 11 is 5.94. The molecule has 1 aromatic heterocycles. The van der Waals surface area contributed by atoms with Gasteiger partial charge in [-0.15, -0.1) is 0 Å². The van der Waals surface area contributed by atoms with Crippen molar-refractivity contribution in [2.75, 3.05) is 18.6 Å². The van der Waals surface area contributed by atoms with Gasteiger partial charge in [-0.2, -0.15) is 0 Å². The number of nitrogens with one attached hydrogen (secondary N) is 2. The molecule has 1 fully saturated rings. The third kappa shape index (κ3) is 3.34. The van der Waals surface area contributed by atoms with E-state index in [1.807, 2.05) is 0 Å². The molecule has 0 aliphatic carbocycles. The van der Waals surface area contributed by atoms with E-state index in [2.05, 4.69) is 22.7 Å². The van der Waals surface area contributed by atoms with Gasteiger partial charge in [0.2, 0.25) is 0 Å². The quantitative estimate of drug-likeness (QED) is 0.573. The second kappa shape index (κ2) is 6.18. The third-order valence-electron chi connectivity index (χ3n) is 3.20. The van der Waals surface area contributed by atoms with Crippen LogP contribution < -0.4 is 16.6 Å². The number of pyridine rings is 1. The number of halogens is 1. The van der Waals surface area contributed by atoms with Crippen molar-refractivity contribution >= 4 is 23.3 Å². The maximum absolute atomic E-state index is 12.1. The van der Waals surface area contributed by atoms with Gasteiger partial charge in [-0.05, 0) is 18.4 Å². The summed E-state index contributed by atoms with van der Waals surface area (Å²) in [6, 6.07) is 1.66. The molecule has 19 heavy (non-hydrogen) atoms. The van der Waals surface area contributed by atoms with Crippen LogP contribution in [0.15, 0.2) is 12.3 Å². The number of carbonyl (C=O) groups excluding carboxylic acids is 1. The molecule has 0 bridgehead atoms. The summed E-state index contributed by atoms with van der Waals surface area (Å²) < 4.78 is 5.34. The molecule has 1 aromatic rings. The van der Waals surface area contributed by atoms with Crippen LogP contribution in [0.3, 0.4) is 0 Å². The van der Waals surface area contributed by atoms with Gasteiger partial charge in [0.05, 0.1) is 17.2 Å². The van der Waals surface area contributed by atoms with Crippen molar-refractivity contribution in [2.45, 2.75) is 19.4 Å². The molecule has 0 saturated carbocycles. The molecule has 1 aliphatic heterocycles. The molecule has 1 saturated heterocycles. The topological polar surface area (TPSA) is 89.3 Å². The molecule has 2 heterocycles. The smallest absolute Gasteiger partial charge is 0.253 e. The normalized spacial score (nSPS) is 22.9. The van der Waals surface area contributed by atoms with E-state index in [1.54, 1.807) is 6.07 Å². The van der Waals surface area contributed by atoms with E-state index >= 15 is 0 Å². The highest BCUT2D eigenvalue weighted by Gasteiger charge is 2.24. The van der Waals surface area contributed by atoms with Gasteiger partial charge in [0.25, 0.3) is 5.91 Å². The Hall–Kier alpha value is -1.37. The van der Waals surface area contributed by atoms with Crippen molar-refractivity contribution in [3.63, 3.8) is 0 Å². The Balaban J connectivity index is 2.05. The zero-order valence-corrected chi connectivity index (χ0v) is 11.4. The SMILES string of the molecule is CC1COCCC1NC(=O)c1cnc(NN)c(Cl)c1. The molecule has 1 amide bonds. The summed E-state index contributed by atoms with van der Waals surface area (Å²) in [4.78, 5) is 16.1. The van der Waals surface area contributed by atoms with Crippen LogP contribution in [-0.4, -0.2) is 30.1 Å². The lowest BCUT2D eigenvalue weighted by Crippen LogP contribution is -2.44. The summed E-state index contributed by atoms with van der Waals surface area (Å²) in [6.45, 7) is 3.39. The van der Waals surface area contributed by atoms with Crippen molar-refractivity contribution in [1.82, 2.24) is 10.3 Å². The summed E-state index contributed by atoms with van der Waals surface area (Å²) in [5.41, 5.74) is 2.78. The fraction of sp³-hybridized carbons (Fsp3) is 0.500. The van der Waals surface area contributed by atoms with E-state index < -0.39 is 0 Å². The summed E-state index contributed by atoms with van der Waals surface area (Å²) in [5, 5.41) is 3.30. The number of nitrogens with two attached hydrogens (primary N) is 1. The lowest BCUT2D eigenvalue weighted by molar-refractivity contribution is 0.0375. The molecule has 4 N–H and O–H groups in total.